The van der Waals surface area contributed by atoms with E-state index in [-0.39, 0.29) is 5.91 Å². The first kappa shape index (κ1) is 17.7. The minimum atomic E-state index is 0.259. The number of carbonyl (C=O) groups is 1. The molecule has 0 aromatic rings. The van der Waals surface area contributed by atoms with Crippen LogP contribution in [0.25, 0.3) is 0 Å². The van der Waals surface area contributed by atoms with Crippen LogP contribution in [0.5, 0.6) is 0 Å². The van der Waals surface area contributed by atoms with E-state index in [9.17, 15) is 4.79 Å². The van der Waals surface area contributed by atoms with Crippen LogP contribution >= 0.6 is 0 Å². The average Bonchev–Trinajstić information content (AvgIpc) is 2.42. The lowest BCUT2D eigenvalue weighted by Crippen LogP contribution is -2.44. The number of piperazine rings is 1. The fourth-order valence-corrected chi connectivity index (χ4v) is 4.50. The van der Waals surface area contributed by atoms with Crippen LogP contribution in [0.4, 0.5) is 0 Å². The van der Waals surface area contributed by atoms with E-state index in [1.165, 1.54) is 19.3 Å². The third-order valence-electron chi connectivity index (χ3n) is 5.13. The molecule has 2 aliphatic rings. The fraction of sp³-hybridized carbons (Fsp3) is 0.944. The molecule has 0 aromatic carbocycles. The monoisotopic (exact) mass is 309 g/mol. The zero-order valence-corrected chi connectivity index (χ0v) is 14.8. The quantitative estimate of drug-likeness (QED) is 0.740. The molecule has 0 aromatic heterocycles. The standard InChI is InChI=1S/C18H35N3O/c1-15-11-16(14-18(2,3)13-15)12-17(22)20-5-4-8-21-9-6-19-7-10-21/h15-16,19H,4-14H2,1-3H3,(H,20,22). The minimum Gasteiger partial charge on any atom is -0.356 e. The molecule has 2 N–H and O–H groups in total. The van der Waals surface area contributed by atoms with Crippen LogP contribution in [-0.2, 0) is 4.79 Å². The second-order valence-corrected chi connectivity index (χ2v) is 8.28. The number of carbonyl (C=O) groups excluding carboxylic acids is 1. The van der Waals surface area contributed by atoms with Crippen molar-refractivity contribution < 1.29 is 4.79 Å². The number of hydrogen-bond acceptors (Lipinski definition) is 3. The van der Waals surface area contributed by atoms with Gasteiger partial charge in [-0.1, -0.05) is 20.8 Å². The van der Waals surface area contributed by atoms with Gasteiger partial charge in [-0.3, -0.25) is 4.79 Å². The maximum absolute atomic E-state index is 12.1. The Balaban J connectivity index is 1.59. The first-order valence-corrected chi connectivity index (χ1v) is 9.14. The van der Waals surface area contributed by atoms with Gasteiger partial charge in [0.15, 0.2) is 0 Å². The van der Waals surface area contributed by atoms with Crippen LogP contribution in [0.3, 0.4) is 0 Å². The molecule has 128 valence electrons. The zero-order valence-electron chi connectivity index (χ0n) is 14.8. The lowest BCUT2D eigenvalue weighted by molar-refractivity contribution is -0.122. The number of hydrogen-bond donors (Lipinski definition) is 2. The maximum Gasteiger partial charge on any atom is 0.220 e. The Bertz CT molecular complexity index is 350. The van der Waals surface area contributed by atoms with Gasteiger partial charge in [0.05, 0.1) is 0 Å². The normalized spacial score (nSPS) is 29.2. The fourth-order valence-electron chi connectivity index (χ4n) is 4.50. The highest BCUT2D eigenvalue weighted by Crippen LogP contribution is 2.42. The highest BCUT2D eigenvalue weighted by atomic mass is 16.1. The average molecular weight is 309 g/mol. The van der Waals surface area contributed by atoms with Gasteiger partial charge in [-0.25, -0.2) is 0 Å². The number of nitrogens with zero attached hydrogens (tertiary/aromatic N) is 1. The second kappa shape index (κ2) is 8.30. The zero-order chi connectivity index (χ0) is 16.0. The van der Waals surface area contributed by atoms with Crippen LogP contribution in [0.2, 0.25) is 0 Å². The molecule has 0 spiro atoms. The van der Waals surface area contributed by atoms with E-state index in [4.69, 9.17) is 0 Å². The van der Waals surface area contributed by atoms with Gasteiger partial charge < -0.3 is 15.5 Å². The molecule has 2 atom stereocenters. The summed E-state index contributed by atoms with van der Waals surface area (Å²) in [6.45, 7) is 13.4. The van der Waals surface area contributed by atoms with Crippen molar-refractivity contribution >= 4 is 5.91 Å². The number of nitrogens with one attached hydrogen (secondary N) is 2. The van der Waals surface area contributed by atoms with Gasteiger partial charge in [0.1, 0.15) is 0 Å². The van der Waals surface area contributed by atoms with Crippen molar-refractivity contribution in [1.82, 2.24) is 15.5 Å². The molecular formula is C18H35N3O. The number of amides is 1. The van der Waals surface area contributed by atoms with Crippen molar-refractivity contribution in [3.63, 3.8) is 0 Å². The summed E-state index contributed by atoms with van der Waals surface area (Å²) >= 11 is 0. The Labute approximate surface area is 136 Å². The van der Waals surface area contributed by atoms with E-state index in [0.717, 1.165) is 58.0 Å². The molecule has 0 bridgehead atoms. The Morgan fingerprint density at radius 2 is 2.00 bits per heavy atom. The van der Waals surface area contributed by atoms with Crippen molar-refractivity contribution in [3.05, 3.63) is 0 Å². The largest absolute Gasteiger partial charge is 0.356 e. The van der Waals surface area contributed by atoms with Gasteiger partial charge in [0.2, 0.25) is 5.91 Å². The molecule has 1 aliphatic heterocycles. The van der Waals surface area contributed by atoms with Gasteiger partial charge in [0, 0.05) is 39.1 Å². The minimum absolute atomic E-state index is 0.259. The molecule has 22 heavy (non-hydrogen) atoms. The van der Waals surface area contributed by atoms with Gasteiger partial charge in [-0.05, 0) is 49.5 Å². The summed E-state index contributed by atoms with van der Waals surface area (Å²) in [5.41, 5.74) is 0.408. The molecule has 1 saturated carbocycles. The summed E-state index contributed by atoms with van der Waals surface area (Å²) in [6.07, 6.45) is 5.51. The van der Waals surface area contributed by atoms with Gasteiger partial charge in [0.25, 0.3) is 0 Å². The molecular weight excluding hydrogens is 274 g/mol. The van der Waals surface area contributed by atoms with Crippen LogP contribution < -0.4 is 10.6 Å². The smallest absolute Gasteiger partial charge is 0.220 e. The molecule has 2 fully saturated rings. The van der Waals surface area contributed by atoms with Crippen LogP contribution in [-0.4, -0.2) is 50.1 Å². The van der Waals surface area contributed by atoms with Gasteiger partial charge in [-0.15, -0.1) is 0 Å². The van der Waals surface area contributed by atoms with Crippen LogP contribution in [0.1, 0.15) is 52.9 Å². The maximum atomic E-state index is 12.1. The molecule has 4 nitrogen and oxygen atoms in total. The van der Waals surface area contributed by atoms with E-state index >= 15 is 0 Å². The molecule has 2 unspecified atom stereocenters. The molecule has 0 radical (unpaired) electrons. The van der Waals surface area contributed by atoms with Gasteiger partial charge in [-0.2, -0.15) is 0 Å². The van der Waals surface area contributed by atoms with Crippen LogP contribution in [0.15, 0.2) is 0 Å². The Hall–Kier alpha value is -0.610. The number of rotatable bonds is 6. The highest BCUT2D eigenvalue weighted by Gasteiger charge is 2.32. The first-order chi connectivity index (χ1) is 10.4. The molecule has 1 saturated heterocycles. The summed E-state index contributed by atoms with van der Waals surface area (Å²) in [7, 11) is 0. The summed E-state index contributed by atoms with van der Waals surface area (Å²) in [5, 5.41) is 6.50. The Morgan fingerprint density at radius 3 is 2.68 bits per heavy atom. The van der Waals surface area contributed by atoms with Crippen molar-refractivity contribution in [1.29, 1.82) is 0 Å². The summed E-state index contributed by atoms with van der Waals surface area (Å²) in [5.74, 6) is 1.59. The molecule has 2 rings (SSSR count). The van der Waals surface area contributed by atoms with E-state index < -0.39 is 0 Å². The summed E-state index contributed by atoms with van der Waals surface area (Å²) < 4.78 is 0. The van der Waals surface area contributed by atoms with E-state index in [0.29, 0.717) is 11.3 Å². The Kier molecular flexibility index (Phi) is 6.69. The summed E-state index contributed by atoms with van der Waals surface area (Å²) in [6, 6.07) is 0. The van der Waals surface area contributed by atoms with Crippen LogP contribution in [0, 0.1) is 17.3 Å². The van der Waals surface area contributed by atoms with Crippen molar-refractivity contribution in [2.45, 2.75) is 52.9 Å². The van der Waals surface area contributed by atoms with E-state index in [2.05, 4.69) is 36.3 Å². The van der Waals surface area contributed by atoms with Crippen molar-refractivity contribution in [2.24, 2.45) is 17.3 Å². The predicted molar refractivity (Wildman–Crippen MR) is 91.8 cm³/mol. The third-order valence-corrected chi connectivity index (χ3v) is 5.13. The second-order valence-electron chi connectivity index (χ2n) is 8.28. The topological polar surface area (TPSA) is 44.4 Å². The molecule has 1 aliphatic carbocycles. The predicted octanol–water partition coefficient (Wildman–Crippen LogP) is 2.25. The third kappa shape index (κ3) is 6.25. The summed E-state index contributed by atoms with van der Waals surface area (Å²) in [4.78, 5) is 14.6. The SMILES string of the molecule is CC1CC(CC(=O)NCCCN2CCNCC2)CC(C)(C)C1. The highest BCUT2D eigenvalue weighted by molar-refractivity contribution is 5.76. The molecule has 4 heteroatoms. The van der Waals surface area contributed by atoms with E-state index in [1.54, 1.807) is 0 Å². The first-order valence-electron chi connectivity index (χ1n) is 9.14. The Morgan fingerprint density at radius 1 is 1.27 bits per heavy atom. The van der Waals surface area contributed by atoms with Gasteiger partial charge >= 0.3 is 0 Å². The van der Waals surface area contributed by atoms with Crippen molar-refractivity contribution in [3.8, 4) is 0 Å². The van der Waals surface area contributed by atoms with E-state index in [1.807, 2.05) is 0 Å². The lowest BCUT2D eigenvalue weighted by atomic mass is 9.67. The molecule has 1 amide bonds. The molecule has 1 heterocycles. The lowest BCUT2D eigenvalue weighted by Gasteiger charge is -2.38. The van der Waals surface area contributed by atoms with Crippen molar-refractivity contribution in [2.75, 3.05) is 39.3 Å².